The van der Waals surface area contributed by atoms with E-state index >= 15 is 0 Å². The Morgan fingerprint density at radius 1 is 0.931 bits per heavy atom. The third-order valence-corrected chi connectivity index (χ3v) is 6.18. The number of aromatic nitrogens is 1. The van der Waals surface area contributed by atoms with Crippen LogP contribution in [0.15, 0.2) is 36.5 Å². The molecule has 0 amide bonds. The van der Waals surface area contributed by atoms with Crippen LogP contribution in [0.1, 0.15) is 5.56 Å². The first-order valence-corrected chi connectivity index (χ1v) is 10.7. The molecule has 0 spiro atoms. The lowest BCUT2D eigenvalue weighted by Crippen LogP contribution is -2.47. The molecule has 0 radical (unpaired) electrons. The quantitative estimate of drug-likeness (QED) is 0.654. The first-order chi connectivity index (χ1) is 14.2. The highest BCUT2D eigenvalue weighted by atomic mass is 35.5. The Labute approximate surface area is 180 Å². The SMILES string of the molecule is Clc1cc2c(c(N3CCN(CCc4c[nH]c5cc(Cl)ccc45)CC3)c1)OCCO2. The fourth-order valence-electron chi connectivity index (χ4n) is 4.19. The standard InChI is InChI=1S/C22H23Cl2N3O2/c23-16-1-2-18-15(14-25-19(18)11-16)3-4-26-5-7-27(8-6-26)20-12-17(24)13-21-22(20)29-10-9-28-21/h1-2,11-14,25H,3-10H2. The Balaban J connectivity index is 1.22. The third kappa shape index (κ3) is 3.87. The summed E-state index contributed by atoms with van der Waals surface area (Å²) in [6.45, 7) is 6.10. The van der Waals surface area contributed by atoms with E-state index in [1.165, 1.54) is 10.9 Å². The van der Waals surface area contributed by atoms with E-state index in [0.717, 1.165) is 66.9 Å². The molecule has 1 saturated heterocycles. The van der Waals surface area contributed by atoms with Crippen molar-refractivity contribution in [2.45, 2.75) is 6.42 Å². The zero-order valence-corrected chi connectivity index (χ0v) is 17.6. The van der Waals surface area contributed by atoms with Gasteiger partial charge in [-0.05, 0) is 30.2 Å². The Bertz CT molecular complexity index is 1030. The predicted molar refractivity (Wildman–Crippen MR) is 118 cm³/mol. The molecule has 2 aliphatic heterocycles. The number of H-pyrrole nitrogens is 1. The number of nitrogens with one attached hydrogen (secondary N) is 1. The molecule has 1 fully saturated rings. The van der Waals surface area contributed by atoms with E-state index in [2.05, 4.69) is 27.0 Å². The van der Waals surface area contributed by atoms with Gasteiger partial charge < -0.3 is 19.4 Å². The lowest BCUT2D eigenvalue weighted by atomic mass is 10.1. The number of halogens is 2. The number of nitrogens with zero attached hydrogens (tertiary/aromatic N) is 2. The fourth-order valence-corrected chi connectivity index (χ4v) is 4.57. The average Bonchev–Trinajstić information content (AvgIpc) is 3.14. The zero-order chi connectivity index (χ0) is 19.8. The monoisotopic (exact) mass is 431 g/mol. The van der Waals surface area contributed by atoms with Crippen molar-refractivity contribution in [1.82, 2.24) is 9.88 Å². The van der Waals surface area contributed by atoms with Gasteiger partial charge in [-0.15, -0.1) is 0 Å². The van der Waals surface area contributed by atoms with Crippen molar-refractivity contribution in [2.24, 2.45) is 0 Å². The summed E-state index contributed by atoms with van der Waals surface area (Å²) < 4.78 is 11.6. The minimum absolute atomic E-state index is 0.570. The van der Waals surface area contributed by atoms with Crippen LogP contribution in [0, 0.1) is 0 Å². The molecule has 0 saturated carbocycles. The van der Waals surface area contributed by atoms with E-state index in [1.54, 1.807) is 0 Å². The summed E-state index contributed by atoms with van der Waals surface area (Å²) >= 11 is 12.4. The largest absolute Gasteiger partial charge is 0.486 e. The molecule has 5 nitrogen and oxygen atoms in total. The second kappa shape index (κ2) is 7.98. The van der Waals surface area contributed by atoms with Crippen molar-refractivity contribution in [1.29, 1.82) is 0 Å². The number of ether oxygens (including phenoxy) is 2. The van der Waals surface area contributed by atoms with Gasteiger partial charge in [0, 0.05) is 65.9 Å². The summed E-state index contributed by atoms with van der Waals surface area (Å²) in [5.74, 6) is 1.58. The number of benzene rings is 2. The van der Waals surface area contributed by atoms with Gasteiger partial charge in [-0.1, -0.05) is 29.3 Å². The molecular weight excluding hydrogens is 409 g/mol. The lowest BCUT2D eigenvalue weighted by molar-refractivity contribution is 0.171. The number of rotatable bonds is 4. The molecule has 0 atom stereocenters. The normalized spacial score (nSPS) is 17.1. The van der Waals surface area contributed by atoms with Crippen molar-refractivity contribution in [3.8, 4) is 11.5 Å². The molecule has 29 heavy (non-hydrogen) atoms. The van der Waals surface area contributed by atoms with Gasteiger partial charge in [0.25, 0.3) is 0 Å². The van der Waals surface area contributed by atoms with Gasteiger partial charge in [-0.3, -0.25) is 4.90 Å². The van der Waals surface area contributed by atoms with Crippen LogP contribution in [0.4, 0.5) is 5.69 Å². The van der Waals surface area contributed by atoms with Crippen LogP contribution in [-0.2, 0) is 6.42 Å². The van der Waals surface area contributed by atoms with Gasteiger partial charge >= 0.3 is 0 Å². The van der Waals surface area contributed by atoms with Crippen molar-refractivity contribution in [3.63, 3.8) is 0 Å². The van der Waals surface area contributed by atoms with E-state index in [4.69, 9.17) is 32.7 Å². The van der Waals surface area contributed by atoms with Crippen LogP contribution in [-0.4, -0.2) is 55.8 Å². The number of anilines is 1. The second-order valence-corrected chi connectivity index (χ2v) is 8.40. The molecule has 152 valence electrons. The molecule has 1 N–H and O–H groups in total. The molecule has 0 bridgehead atoms. The van der Waals surface area contributed by atoms with Crippen molar-refractivity contribution in [3.05, 3.63) is 52.1 Å². The van der Waals surface area contributed by atoms with E-state index in [1.807, 2.05) is 24.3 Å². The van der Waals surface area contributed by atoms with Gasteiger partial charge in [-0.25, -0.2) is 0 Å². The van der Waals surface area contributed by atoms with Crippen LogP contribution in [0.25, 0.3) is 10.9 Å². The molecule has 0 unspecified atom stereocenters. The number of hydrogen-bond donors (Lipinski definition) is 1. The molecule has 5 rings (SSSR count). The fraction of sp³-hybridized carbons (Fsp3) is 0.364. The van der Waals surface area contributed by atoms with Crippen molar-refractivity contribution >= 4 is 39.8 Å². The van der Waals surface area contributed by atoms with Crippen LogP contribution in [0.2, 0.25) is 10.0 Å². The first kappa shape index (κ1) is 18.9. The number of fused-ring (bicyclic) bond motifs is 2. The molecule has 1 aromatic heterocycles. The van der Waals surface area contributed by atoms with Gasteiger partial charge in [0.1, 0.15) is 13.2 Å². The lowest BCUT2D eigenvalue weighted by Gasteiger charge is -2.37. The summed E-state index contributed by atoms with van der Waals surface area (Å²) in [6, 6.07) is 9.87. The van der Waals surface area contributed by atoms with Crippen molar-refractivity contribution < 1.29 is 9.47 Å². The zero-order valence-electron chi connectivity index (χ0n) is 16.1. The Morgan fingerprint density at radius 2 is 1.76 bits per heavy atom. The van der Waals surface area contributed by atoms with Crippen LogP contribution >= 0.6 is 23.2 Å². The van der Waals surface area contributed by atoms with Gasteiger partial charge in [0.15, 0.2) is 11.5 Å². The molecule has 7 heteroatoms. The number of piperazine rings is 1. The minimum Gasteiger partial charge on any atom is -0.486 e. The smallest absolute Gasteiger partial charge is 0.184 e. The molecule has 3 heterocycles. The Kier molecular flexibility index (Phi) is 5.20. The van der Waals surface area contributed by atoms with Gasteiger partial charge in [0.05, 0.1) is 5.69 Å². The van der Waals surface area contributed by atoms with E-state index in [9.17, 15) is 0 Å². The van der Waals surface area contributed by atoms with E-state index < -0.39 is 0 Å². The van der Waals surface area contributed by atoms with Gasteiger partial charge in [0.2, 0.25) is 0 Å². The Hall–Kier alpha value is -2.08. The van der Waals surface area contributed by atoms with Crippen LogP contribution in [0.3, 0.4) is 0 Å². The van der Waals surface area contributed by atoms with E-state index in [0.29, 0.717) is 18.2 Å². The first-order valence-electron chi connectivity index (χ1n) is 9.99. The molecule has 3 aromatic rings. The maximum absolute atomic E-state index is 6.31. The average molecular weight is 432 g/mol. The molecular formula is C22H23Cl2N3O2. The van der Waals surface area contributed by atoms with Crippen LogP contribution in [0.5, 0.6) is 11.5 Å². The Morgan fingerprint density at radius 3 is 2.62 bits per heavy atom. The summed E-state index contributed by atoms with van der Waals surface area (Å²) in [5.41, 5.74) is 3.49. The minimum atomic E-state index is 0.570. The highest BCUT2D eigenvalue weighted by Gasteiger charge is 2.24. The topological polar surface area (TPSA) is 40.7 Å². The van der Waals surface area contributed by atoms with Crippen LogP contribution < -0.4 is 14.4 Å². The highest BCUT2D eigenvalue weighted by Crippen LogP contribution is 2.42. The third-order valence-electron chi connectivity index (χ3n) is 5.73. The maximum Gasteiger partial charge on any atom is 0.184 e. The maximum atomic E-state index is 6.31. The summed E-state index contributed by atoms with van der Waals surface area (Å²) in [5, 5.41) is 2.71. The predicted octanol–water partition coefficient (Wildman–Crippen LogP) is 4.61. The second-order valence-electron chi connectivity index (χ2n) is 7.53. The number of aromatic amines is 1. The number of hydrogen-bond acceptors (Lipinski definition) is 4. The van der Waals surface area contributed by atoms with E-state index in [-0.39, 0.29) is 0 Å². The molecule has 2 aliphatic rings. The molecule has 2 aromatic carbocycles. The summed E-state index contributed by atoms with van der Waals surface area (Å²) in [7, 11) is 0. The van der Waals surface area contributed by atoms with Crippen molar-refractivity contribution in [2.75, 3.05) is 50.8 Å². The highest BCUT2D eigenvalue weighted by molar-refractivity contribution is 6.31. The van der Waals surface area contributed by atoms with Gasteiger partial charge in [-0.2, -0.15) is 0 Å². The molecule has 0 aliphatic carbocycles. The summed E-state index contributed by atoms with van der Waals surface area (Å²) in [4.78, 5) is 8.19. The summed E-state index contributed by atoms with van der Waals surface area (Å²) in [6.07, 6.45) is 3.12.